The van der Waals surface area contributed by atoms with Crippen molar-refractivity contribution in [2.45, 2.75) is 37.4 Å². The van der Waals surface area contributed by atoms with E-state index >= 15 is 0 Å². The number of hydrogen-bond donors (Lipinski definition) is 3. The number of nitrogen functional groups attached to an aromatic ring is 1. The molecule has 4 N–H and O–H groups in total. The Morgan fingerprint density at radius 1 is 1.11 bits per heavy atom. The van der Waals surface area contributed by atoms with Gasteiger partial charge in [0.2, 0.25) is 21.9 Å². The van der Waals surface area contributed by atoms with Crippen molar-refractivity contribution in [3.8, 4) is 0 Å². The van der Waals surface area contributed by atoms with Crippen molar-refractivity contribution in [3.05, 3.63) is 65.5 Å². The molecule has 0 radical (unpaired) electrons. The van der Waals surface area contributed by atoms with Gasteiger partial charge in [-0.05, 0) is 56.2 Å². The van der Waals surface area contributed by atoms with Crippen LogP contribution in [0.5, 0.6) is 0 Å². The Hall–Kier alpha value is -3.61. The fourth-order valence-corrected chi connectivity index (χ4v) is 4.47. The molecule has 2 aromatic carbocycles. The van der Waals surface area contributed by atoms with Crippen LogP contribution in [-0.2, 0) is 26.1 Å². The van der Waals surface area contributed by atoms with Gasteiger partial charge in [-0.2, -0.15) is 15.0 Å². The molecule has 4 rings (SSSR count). The molecule has 1 saturated heterocycles. The van der Waals surface area contributed by atoms with Gasteiger partial charge in [0.15, 0.2) is 12.4 Å². The summed E-state index contributed by atoms with van der Waals surface area (Å²) in [5.74, 6) is -0.297. The lowest BCUT2D eigenvalue weighted by atomic mass is 10.2. The van der Waals surface area contributed by atoms with Crippen LogP contribution in [0.4, 0.5) is 17.6 Å². The minimum Gasteiger partial charge on any atom is -0.454 e. The molecule has 12 heteroatoms. The molecule has 0 bridgehead atoms. The molecule has 1 unspecified atom stereocenters. The topological polar surface area (TPSA) is 158 Å². The summed E-state index contributed by atoms with van der Waals surface area (Å²) in [6.45, 7) is 2.59. The van der Waals surface area contributed by atoms with Crippen LogP contribution >= 0.6 is 0 Å². The number of nitrogens with zero attached hydrogens (tertiary/aromatic N) is 3. The maximum absolute atomic E-state index is 12.5. The van der Waals surface area contributed by atoms with Crippen molar-refractivity contribution < 1.29 is 22.7 Å². The highest BCUT2D eigenvalue weighted by atomic mass is 32.2. The van der Waals surface area contributed by atoms with Crippen molar-refractivity contribution in [1.82, 2.24) is 19.7 Å². The summed E-state index contributed by atoms with van der Waals surface area (Å²) in [7, 11) is -3.71. The predicted molar refractivity (Wildman–Crippen MR) is 128 cm³/mol. The second-order valence-corrected chi connectivity index (χ2v) is 9.78. The average molecular weight is 499 g/mol. The normalized spacial score (nSPS) is 15.6. The monoisotopic (exact) mass is 498 g/mol. The third-order valence-electron chi connectivity index (χ3n) is 5.26. The first-order valence-corrected chi connectivity index (χ1v) is 12.5. The number of esters is 1. The van der Waals surface area contributed by atoms with Gasteiger partial charge in [0.1, 0.15) is 0 Å². The molecule has 1 atom stereocenters. The molecule has 1 aliphatic rings. The Morgan fingerprint density at radius 3 is 2.54 bits per heavy atom. The molecule has 0 aliphatic carbocycles. The number of benzene rings is 2. The van der Waals surface area contributed by atoms with Crippen LogP contribution in [0.3, 0.4) is 0 Å². The van der Waals surface area contributed by atoms with Crippen molar-refractivity contribution in [1.29, 1.82) is 0 Å². The van der Waals surface area contributed by atoms with E-state index in [0.29, 0.717) is 6.61 Å². The van der Waals surface area contributed by atoms with Gasteiger partial charge in [0.25, 0.3) is 0 Å². The number of carbonyl (C=O) groups excluding carboxylic acids is 1. The van der Waals surface area contributed by atoms with Crippen LogP contribution in [0.15, 0.2) is 53.4 Å². The third kappa shape index (κ3) is 6.72. The summed E-state index contributed by atoms with van der Waals surface area (Å²) in [6.07, 6.45) is 1.63. The summed E-state index contributed by atoms with van der Waals surface area (Å²) in [4.78, 5) is 24.8. The Kier molecular flexibility index (Phi) is 7.54. The maximum Gasteiger partial charge on any atom is 0.338 e. The van der Waals surface area contributed by atoms with Crippen molar-refractivity contribution >= 4 is 33.6 Å². The average Bonchev–Trinajstić information content (AvgIpc) is 3.36. The quantitative estimate of drug-likeness (QED) is 0.374. The molecule has 2 heterocycles. The van der Waals surface area contributed by atoms with E-state index in [-0.39, 0.29) is 47.4 Å². The first kappa shape index (κ1) is 24.5. The molecule has 1 aromatic heterocycles. The first-order valence-electron chi connectivity index (χ1n) is 11.0. The second kappa shape index (κ2) is 10.8. The van der Waals surface area contributed by atoms with Crippen molar-refractivity contribution in [2.24, 2.45) is 0 Å². The summed E-state index contributed by atoms with van der Waals surface area (Å²) in [5, 5.41) is 3.03. The number of anilines is 3. The largest absolute Gasteiger partial charge is 0.454 e. The standard InChI is InChI=1S/C23H26N6O5S/c1-15-4-8-17(9-5-15)26-23-28-20(27-22(24)29-23)14-34-21(30)16-6-10-19(11-7-16)35(31,32)25-13-18-3-2-12-33-18/h4-11,18,25H,2-3,12-14H2,1H3,(H3,24,26,27,28,29). The van der Waals surface area contributed by atoms with E-state index in [1.165, 1.54) is 24.3 Å². The molecular formula is C23H26N6O5S. The third-order valence-corrected chi connectivity index (χ3v) is 6.70. The fourth-order valence-electron chi connectivity index (χ4n) is 3.40. The molecule has 1 fully saturated rings. The van der Waals surface area contributed by atoms with Crippen LogP contribution in [0, 0.1) is 6.92 Å². The molecule has 3 aromatic rings. The van der Waals surface area contributed by atoms with E-state index in [2.05, 4.69) is 25.0 Å². The number of sulfonamides is 1. The van der Waals surface area contributed by atoms with Crippen LogP contribution in [-0.4, -0.2) is 48.6 Å². The second-order valence-electron chi connectivity index (χ2n) is 8.01. The molecule has 11 nitrogen and oxygen atoms in total. The zero-order valence-electron chi connectivity index (χ0n) is 19.1. The maximum atomic E-state index is 12.5. The number of aryl methyl sites for hydroxylation is 1. The van der Waals surface area contributed by atoms with Crippen molar-refractivity contribution in [2.75, 3.05) is 24.2 Å². The van der Waals surface area contributed by atoms with Gasteiger partial charge in [-0.3, -0.25) is 0 Å². The Labute approximate surface area is 203 Å². The number of nitrogens with two attached hydrogens (primary N) is 1. The predicted octanol–water partition coefficient (Wildman–Crippen LogP) is 2.32. The van der Waals surface area contributed by atoms with Crippen molar-refractivity contribution in [3.63, 3.8) is 0 Å². The van der Waals surface area contributed by atoms with E-state index in [4.69, 9.17) is 15.2 Å². The Balaban J connectivity index is 1.35. The summed E-state index contributed by atoms with van der Waals surface area (Å²) in [5.41, 5.74) is 7.82. The van der Waals surface area contributed by atoms with Gasteiger partial charge in [0, 0.05) is 18.8 Å². The number of carbonyl (C=O) groups is 1. The fraction of sp³-hybridized carbons (Fsp3) is 0.304. The zero-order chi connectivity index (χ0) is 24.8. The number of ether oxygens (including phenoxy) is 2. The number of nitrogens with one attached hydrogen (secondary N) is 2. The van der Waals surface area contributed by atoms with E-state index < -0.39 is 16.0 Å². The molecule has 0 spiro atoms. The van der Waals surface area contributed by atoms with E-state index in [1.807, 2.05) is 31.2 Å². The van der Waals surface area contributed by atoms with Gasteiger partial charge >= 0.3 is 5.97 Å². The van der Waals surface area contributed by atoms with Gasteiger partial charge in [-0.15, -0.1) is 0 Å². The lowest BCUT2D eigenvalue weighted by molar-refractivity contribution is 0.0462. The lowest BCUT2D eigenvalue weighted by Gasteiger charge is -2.11. The van der Waals surface area contributed by atoms with Crippen LogP contribution in [0.25, 0.3) is 0 Å². The van der Waals surface area contributed by atoms with E-state index in [9.17, 15) is 13.2 Å². The highest BCUT2D eigenvalue weighted by molar-refractivity contribution is 7.89. The SMILES string of the molecule is Cc1ccc(Nc2nc(N)nc(COC(=O)c3ccc(S(=O)(=O)NCC4CCCO4)cc3)n2)cc1. The van der Waals surface area contributed by atoms with Crippen LogP contribution < -0.4 is 15.8 Å². The number of aromatic nitrogens is 3. The molecule has 0 amide bonds. The molecule has 1 aliphatic heterocycles. The number of hydrogen-bond acceptors (Lipinski definition) is 10. The molecule has 0 saturated carbocycles. The summed E-state index contributed by atoms with van der Waals surface area (Å²) in [6, 6.07) is 13.1. The molecule has 184 valence electrons. The smallest absolute Gasteiger partial charge is 0.338 e. The van der Waals surface area contributed by atoms with E-state index in [0.717, 1.165) is 24.1 Å². The van der Waals surface area contributed by atoms with Crippen LogP contribution in [0.2, 0.25) is 0 Å². The zero-order valence-corrected chi connectivity index (χ0v) is 19.9. The highest BCUT2D eigenvalue weighted by Gasteiger charge is 2.21. The molecular weight excluding hydrogens is 472 g/mol. The van der Waals surface area contributed by atoms with Gasteiger partial charge in [0.05, 0.1) is 16.6 Å². The molecule has 35 heavy (non-hydrogen) atoms. The van der Waals surface area contributed by atoms with Gasteiger partial charge < -0.3 is 20.5 Å². The lowest BCUT2D eigenvalue weighted by Crippen LogP contribution is -2.31. The summed E-state index contributed by atoms with van der Waals surface area (Å²) >= 11 is 0. The summed E-state index contributed by atoms with van der Waals surface area (Å²) < 4.78 is 38.2. The van der Waals surface area contributed by atoms with E-state index in [1.54, 1.807) is 0 Å². The van der Waals surface area contributed by atoms with Gasteiger partial charge in [-0.25, -0.2) is 17.9 Å². The first-order chi connectivity index (χ1) is 16.8. The van der Waals surface area contributed by atoms with Crippen LogP contribution in [0.1, 0.15) is 34.6 Å². The minimum absolute atomic E-state index is 0.0225. The van der Waals surface area contributed by atoms with Gasteiger partial charge in [-0.1, -0.05) is 17.7 Å². The highest BCUT2D eigenvalue weighted by Crippen LogP contribution is 2.16. The number of rotatable bonds is 9. The Morgan fingerprint density at radius 2 is 1.86 bits per heavy atom. The Bertz CT molecular complexity index is 1280. The minimum atomic E-state index is -3.71.